The molecule has 204 valence electrons. The molecule has 2 aliphatic heterocycles. The first-order valence-corrected chi connectivity index (χ1v) is 13.9. The minimum Gasteiger partial charge on any atom is -0.340 e. The third-order valence-corrected chi connectivity index (χ3v) is 7.79. The summed E-state index contributed by atoms with van der Waals surface area (Å²) in [5.74, 6) is 0.592. The fourth-order valence-electron chi connectivity index (χ4n) is 5.24. The highest BCUT2D eigenvalue weighted by molar-refractivity contribution is 6.31. The molecule has 1 aliphatic carbocycles. The number of allylic oxidation sites excluding steroid dienone is 4. The lowest BCUT2D eigenvalue weighted by Gasteiger charge is -2.32. The lowest BCUT2D eigenvalue weighted by Crippen LogP contribution is -2.47. The second-order valence-corrected chi connectivity index (χ2v) is 10.8. The second kappa shape index (κ2) is 11.3. The van der Waals surface area contributed by atoms with Crippen LogP contribution in [0.1, 0.15) is 23.1 Å². The molecule has 1 amide bonds. The Labute approximate surface area is 238 Å². The van der Waals surface area contributed by atoms with Gasteiger partial charge in [-0.25, -0.2) is 14.4 Å². The largest absolute Gasteiger partial charge is 0.340 e. The molecule has 40 heavy (non-hydrogen) atoms. The van der Waals surface area contributed by atoms with Gasteiger partial charge in [-0.15, -0.1) is 0 Å². The summed E-state index contributed by atoms with van der Waals surface area (Å²) in [7, 11) is 2.08. The van der Waals surface area contributed by atoms with Crippen LogP contribution in [-0.4, -0.2) is 70.8 Å². The van der Waals surface area contributed by atoms with Crippen molar-refractivity contribution >= 4 is 34.9 Å². The summed E-state index contributed by atoms with van der Waals surface area (Å²) in [5, 5.41) is 3.83. The summed E-state index contributed by atoms with van der Waals surface area (Å²) >= 11 is 6.38. The number of hydrogen-bond acceptors (Lipinski definition) is 6. The number of carbonyl (C=O) groups excluding carboxylic acids is 1. The number of anilines is 2. The van der Waals surface area contributed by atoms with Crippen molar-refractivity contribution in [3.63, 3.8) is 0 Å². The van der Waals surface area contributed by atoms with Gasteiger partial charge in [0.05, 0.1) is 24.4 Å². The van der Waals surface area contributed by atoms with Crippen LogP contribution in [0.25, 0.3) is 11.3 Å². The van der Waals surface area contributed by atoms with Gasteiger partial charge in [0.1, 0.15) is 6.17 Å². The summed E-state index contributed by atoms with van der Waals surface area (Å²) < 4.78 is 14.9. The first-order chi connectivity index (χ1) is 19.4. The zero-order chi connectivity index (χ0) is 27.6. The van der Waals surface area contributed by atoms with E-state index >= 15 is 0 Å². The van der Waals surface area contributed by atoms with E-state index in [1.165, 1.54) is 0 Å². The summed E-state index contributed by atoms with van der Waals surface area (Å²) in [4.78, 5) is 31.0. The molecule has 0 spiro atoms. The molecule has 2 aromatic carbocycles. The van der Waals surface area contributed by atoms with E-state index in [9.17, 15) is 9.18 Å². The van der Waals surface area contributed by atoms with Crippen molar-refractivity contribution in [1.29, 1.82) is 0 Å². The third-order valence-electron chi connectivity index (χ3n) is 7.55. The lowest BCUT2D eigenvalue weighted by atomic mass is 9.90. The standard InChI is InChI=1S/C31H30ClFN6O/c1-38-12-14-39(15-13-38)28(40)16-20-6-9-23(10-7-20)36-31-35-19-21-18-34-30(25-4-2-3-5-27(25)33)26-17-22(32)8-11-24(26)29(21)37-31/h2-4,6-11,17,19,27H,5,12-16,18H2,1H3,(H,35,36,37). The van der Waals surface area contributed by atoms with Crippen molar-refractivity contribution in [3.05, 3.63) is 94.2 Å². The van der Waals surface area contributed by atoms with Gasteiger partial charge in [-0.05, 0) is 36.9 Å². The normalized spacial score (nSPS) is 18.8. The third kappa shape index (κ3) is 5.55. The van der Waals surface area contributed by atoms with Gasteiger partial charge < -0.3 is 15.1 Å². The Hall–Kier alpha value is -3.88. The minimum absolute atomic E-state index is 0.155. The number of alkyl halides is 1. The number of likely N-dealkylation sites (N-methyl/N-ethyl adjacent to an activating group) is 1. The van der Waals surface area contributed by atoms with Crippen molar-refractivity contribution < 1.29 is 9.18 Å². The maximum absolute atomic E-state index is 14.9. The predicted octanol–water partition coefficient (Wildman–Crippen LogP) is 5.38. The first-order valence-electron chi connectivity index (χ1n) is 13.5. The van der Waals surface area contributed by atoms with Crippen LogP contribution >= 0.6 is 11.6 Å². The molecule has 3 heterocycles. The number of amides is 1. The van der Waals surface area contributed by atoms with Gasteiger partial charge in [0.25, 0.3) is 0 Å². The number of aliphatic imine (C=N–C) groups is 1. The van der Waals surface area contributed by atoms with Gasteiger partial charge in [-0.3, -0.25) is 9.79 Å². The second-order valence-electron chi connectivity index (χ2n) is 10.4. The first kappa shape index (κ1) is 26.3. The van der Waals surface area contributed by atoms with Crippen molar-refractivity contribution in [3.8, 4) is 11.3 Å². The number of hydrogen-bond donors (Lipinski definition) is 1. The van der Waals surface area contributed by atoms with Crippen LogP contribution in [0, 0.1) is 0 Å². The van der Waals surface area contributed by atoms with Crippen molar-refractivity contribution in [2.75, 3.05) is 38.5 Å². The van der Waals surface area contributed by atoms with Gasteiger partial charge in [-0.1, -0.05) is 48.0 Å². The molecule has 6 rings (SSSR count). The monoisotopic (exact) mass is 556 g/mol. The van der Waals surface area contributed by atoms with Crippen LogP contribution in [0.3, 0.4) is 0 Å². The van der Waals surface area contributed by atoms with E-state index in [0.29, 0.717) is 41.6 Å². The number of nitrogens with one attached hydrogen (secondary N) is 1. The molecule has 1 fully saturated rings. The fraction of sp³-hybridized carbons (Fsp3) is 0.290. The number of piperazine rings is 1. The Bertz CT molecular complexity index is 1530. The molecule has 1 aromatic heterocycles. The number of nitrogens with zero attached hydrogens (tertiary/aromatic N) is 5. The Morgan fingerprint density at radius 2 is 1.90 bits per heavy atom. The molecule has 3 aromatic rings. The molecule has 1 atom stereocenters. The van der Waals surface area contributed by atoms with E-state index in [4.69, 9.17) is 21.6 Å². The molecule has 9 heteroatoms. The number of rotatable bonds is 5. The molecular formula is C31H30ClFN6O. The van der Waals surface area contributed by atoms with Gasteiger partial charge in [0.15, 0.2) is 0 Å². The average molecular weight is 557 g/mol. The molecule has 0 bridgehead atoms. The van der Waals surface area contributed by atoms with E-state index < -0.39 is 6.17 Å². The van der Waals surface area contributed by atoms with Gasteiger partial charge in [-0.2, -0.15) is 0 Å². The molecule has 0 radical (unpaired) electrons. The molecule has 3 aliphatic rings. The summed E-state index contributed by atoms with van der Waals surface area (Å²) in [6.07, 6.45) is 6.82. The van der Waals surface area contributed by atoms with Gasteiger partial charge in [0, 0.05) is 71.8 Å². The number of benzene rings is 2. The Balaban J connectivity index is 1.22. The van der Waals surface area contributed by atoms with Crippen LogP contribution in [0.5, 0.6) is 0 Å². The van der Waals surface area contributed by atoms with Crippen molar-refractivity contribution in [2.45, 2.75) is 25.6 Å². The van der Waals surface area contributed by atoms with Gasteiger partial charge in [0.2, 0.25) is 11.9 Å². The molecule has 7 nitrogen and oxygen atoms in total. The average Bonchev–Trinajstić information content (AvgIpc) is 3.11. The zero-order valence-corrected chi connectivity index (χ0v) is 23.0. The lowest BCUT2D eigenvalue weighted by molar-refractivity contribution is -0.132. The number of aromatic nitrogens is 2. The molecule has 0 saturated carbocycles. The number of fused-ring (bicyclic) bond motifs is 3. The minimum atomic E-state index is -1.13. The van der Waals surface area contributed by atoms with E-state index in [1.807, 2.05) is 59.5 Å². The highest BCUT2D eigenvalue weighted by atomic mass is 35.5. The zero-order valence-electron chi connectivity index (χ0n) is 22.3. The molecule has 1 unspecified atom stereocenters. The van der Waals surface area contributed by atoms with Crippen molar-refractivity contribution in [1.82, 2.24) is 19.8 Å². The van der Waals surface area contributed by atoms with Crippen molar-refractivity contribution in [2.24, 2.45) is 4.99 Å². The highest BCUT2D eigenvalue weighted by Crippen LogP contribution is 2.35. The van der Waals surface area contributed by atoms with Gasteiger partial charge >= 0.3 is 0 Å². The van der Waals surface area contributed by atoms with E-state index in [0.717, 1.165) is 59.8 Å². The van der Waals surface area contributed by atoms with Crippen LogP contribution in [0.15, 0.2) is 77.5 Å². The quantitative estimate of drug-likeness (QED) is 0.456. The number of carbonyl (C=O) groups is 1. The number of halogens is 2. The Morgan fingerprint density at radius 1 is 1.10 bits per heavy atom. The SMILES string of the molecule is CN1CCN(C(=O)Cc2ccc(Nc3ncc4c(n3)-c3ccc(Cl)cc3C(C3=CC=CCC3F)=NC4)cc2)CC1. The van der Waals surface area contributed by atoms with Crippen LogP contribution in [0.4, 0.5) is 16.0 Å². The topological polar surface area (TPSA) is 73.7 Å². The van der Waals surface area contributed by atoms with Crippen LogP contribution in [0.2, 0.25) is 5.02 Å². The predicted molar refractivity (Wildman–Crippen MR) is 157 cm³/mol. The maximum Gasteiger partial charge on any atom is 0.227 e. The Kier molecular flexibility index (Phi) is 7.45. The van der Waals surface area contributed by atoms with E-state index in [2.05, 4.69) is 22.2 Å². The van der Waals surface area contributed by atoms with E-state index in [1.54, 1.807) is 12.3 Å². The fourth-order valence-corrected chi connectivity index (χ4v) is 5.41. The summed E-state index contributed by atoms with van der Waals surface area (Å²) in [6, 6.07) is 13.3. The smallest absolute Gasteiger partial charge is 0.227 e. The summed E-state index contributed by atoms with van der Waals surface area (Å²) in [6.45, 7) is 3.70. The van der Waals surface area contributed by atoms with Crippen LogP contribution in [-0.2, 0) is 17.8 Å². The molecule has 1 N–H and O–H groups in total. The Morgan fingerprint density at radius 3 is 2.67 bits per heavy atom. The summed E-state index contributed by atoms with van der Waals surface area (Å²) in [5.41, 5.74) is 6.11. The molecule has 1 saturated heterocycles. The van der Waals surface area contributed by atoms with E-state index in [-0.39, 0.29) is 5.91 Å². The highest BCUT2D eigenvalue weighted by Gasteiger charge is 2.27. The molecular weight excluding hydrogens is 527 g/mol. The maximum atomic E-state index is 14.9. The van der Waals surface area contributed by atoms with Crippen LogP contribution < -0.4 is 5.32 Å².